The lowest BCUT2D eigenvalue weighted by molar-refractivity contribution is -0.118. The van der Waals surface area contributed by atoms with Crippen LogP contribution in [0.2, 0.25) is 0 Å². The highest BCUT2D eigenvalue weighted by molar-refractivity contribution is 6.08. The number of anilines is 4. The Morgan fingerprint density at radius 1 is 0.533 bits per heavy atom. The fourth-order valence-electron chi connectivity index (χ4n) is 2.00. The molecule has 1 aromatic rings. The molecule has 4 unspecified atom stereocenters. The third-order valence-corrected chi connectivity index (χ3v) is 3.84. The standard InChI is InChI=1S/C18H30N8O4/c1-7(19)15(27)23-11-5-13(25-17(29)9(3)21)14(26-18(30)10(4)22)6-12(11)24-16(28)8(2)20/h5-10H,19-22H2,1-4H3,(H,23,27)(H,24,28)(H,25,29)(H,26,30). The third-order valence-electron chi connectivity index (χ3n) is 3.84. The summed E-state index contributed by atoms with van der Waals surface area (Å²) < 4.78 is 0. The maximum absolute atomic E-state index is 12.1. The average molecular weight is 422 g/mol. The van der Waals surface area contributed by atoms with E-state index in [2.05, 4.69) is 21.3 Å². The van der Waals surface area contributed by atoms with Crippen molar-refractivity contribution in [2.24, 2.45) is 22.9 Å². The third kappa shape index (κ3) is 7.08. The minimum Gasteiger partial charge on any atom is -0.323 e. The Kier molecular flexibility index (Phi) is 8.86. The van der Waals surface area contributed by atoms with Crippen LogP contribution in [0.3, 0.4) is 0 Å². The number of amides is 4. The maximum atomic E-state index is 12.1. The molecular formula is C18H30N8O4. The normalized spacial score (nSPS) is 14.7. The summed E-state index contributed by atoms with van der Waals surface area (Å²) in [6.07, 6.45) is 0. The number of benzene rings is 1. The monoisotopic (exact) mass is 422 g/mol. The molecule has 1 rings (SSSR count). The number of carbonyl (C=O) groups is 4. The van der Waals surface area contributed by atoms with Crippen LogP contribution in [-0.4, -0.2) is 47.8 Å². The Morgan fingerprint density at radius 2 is 0.700 bits per heavy atom. The number of hydrogen-bond donors (Lipinski definition) is 8. The Labute approximate surface area is 174 Å². The predicted molar refractivity (Wildman–Crippen MR) is 116 cm³/mol. The zero-order chi connectivity index (χ0) is 23.2. The van der Waals surface area contributed by atoms with Crippen molar-refractivity contribution in [1.82, 2.24) is 0 Å². The average Bonchev–Trinajstić information content (AvgIpc) is 2.63. The van der Waals surface area contributed by atoms with Crippen molar-refractivity contribution in [3.05, 3.63) is 12.1 Å². The van der Waals surface area contributed by atoms with Crippen LogP contribution in [0.4, 0.5) is 22.7 Å². The first-order chi connectivity index (χ1) is 13.8. The Hall–Kier alpha value is -3.06. The molecule has 12 heteroatoms. The minimum absolute atomic E-state index is 0.130. The highest BCUT2D eigenvalue weighted by Crippen LogP contribution is 2.34. The van der Waals surface area contributed by atoms with Crippen molar-refractivity contribution >= 4 is 46.4 Å². The van der Waals surface area contributed by atoms with Crippen LogP contribution in [0.1, 0.15) is 27.7 Å². The van der Waals surface area contributed by atoms with E-state index in [1.807, 2.05) is 0 Å². The molecule has 0 heterocycles. The molecule has 0 radical (unpaired) electrons. The number of nitrogens with one attached hydrogen (secondary N) is 4. The van der Waals surface area contributed by atoms with Crippen molar-refractivity contribution in [3.63, 3.8) is 0 Å². The van der Waals surface area contributed by atoms with Crippen molar-refractivity contribution in [2.45, 2.75) is 51.9 Å². The summed E-state index contributed by atoms with van der Waals surface area (Å²) in [6, 6.07) is -0.672. The lowest BCUT2D eigenvalue weighted by atomic mass is 10.1. The lowest BCUT2D eigenvalue weighted by Crippen LogP contribution is -2.36. The van der Waals surface area contributed by atoms with Gasteiger partial charge in [-0.05, 0) is 39.8 Å². The zero-order valence-electron chi connectivity index (χ0n) is 17.4. The molecule has 0 aliphatic rings. The topological polar surface area (TPSA) is 220 Å². The summed E-state index contributed by atoms with van der Waals surface area (Å²) in [4.78, 5) is 48.4. The highest BCUT2D eigenvalue weighted by Gasteiger charge is 2.20. The van der Waals surface area contributed by atoms with Gasteiger partial charge < -0.3 is 44.2 Å². The van der Waals surface area contributed by atoms with Gasteiger partial charge in [0.25, 0.3) is 0 Å². The highest BCUT2D eigenvalue weighted by atomic mass is 16.2. The molecule has 0 fully saturated rings. The van der Waals surface area contributed by atoms with E-state index in [1.54, 1.807) is 0 Å². The SMILES string of the molecule is CC(N)C(=O)Nc1cc(NC(=O)C(C)N)c(NC(=O)C(C)N)cc1NC(=O)C(C)N. The van der Waals surface area contributed by atoms with Gasteiger partial charge in [0.15, 0.2) is 0 Å². The van der Waals surface area contributed by atoms with Crippen molar-refractivity contribution in [2.75, 3.05) is 21.3 Å². The minimum atomic E-state index is -0.846. The molecule has 30 heavy (non-hydrogen) atoms. The summed E-state index contributed by atoms with van der Waals surface area (Å²) in [7, 11) is 0. The molecule has 0 saturated carbocycles. The second-order valence-electron chi connectivity index (χ2n) is 7.06. The predicted octanol–water partition coefficient (Wildman–Crippen LogP) is -1.17. The van der Waals surface area contributed by atoms with Gasteiger partial charge in [-0.1, -0.05) is 0 Å². The van der Waals surface area contributed by atoms with E-state index < -0.39 is 47.8 Å². The molecule has 4 amide bonds. The van der Waals surface area contributed by atoms with E-state index in [0.717, 1.165) is 0 Å². The molecule has 0 aliphatic carbocycles. The van der Waals surface area contributed by atoms with Gasteiger partial charge >= 0.3 is 0 Å². The molecule has 12 nitrogen and oxygen atoms in total. The molecule has 0 saturated heterocycles. The fourth-order valence-corrected chi connectivity index (χ4v) is 2.00. The summed E-state index contributed by atoms with van der Waals surface area (Å²) >= 11 is 0. The second kappa shape index (κ2) is 10.6. The van der Waals surface area contributed by atoms with E-state index in [4.69, 9.17) is 22.9 Å². The molecule has 166 valence electrons. The Bertz CT molecular complexity index is 690. The maximum Gasteiger partial charge on any atom is 0.241 e. The van der Waals surface area contributed by atoms with Crippen LogP contribution >= 0.6 is 0 Å². The summed E-state index contributed by atoms with van der Waals surface area (Å²) in [5, 5.41) is 10.2. The van der Waals surface area contributed by atoms with E-state index in [1.165, 1.54) is 39.8 Å². The van der Waals surface area contributed by atoms with Crippen LogP contribution in [0.5, 0.6) is 0 Å². The number of nitrogens with two attached hydrogens (primary N) is 4. The van der Waals surface area contributed by atoms with Gasteiger partial charge in [-0.3, -0.25) is 19.2 Å². The summed E-state index contributed by atoms with van der Waals surface area (Å²) in [6.45, 7) is 5.91. The van der Waals surface area contributed by atoms with Gasteiger partial charge in [-0.15, -0.1) is 0 Å². The first-order valence-corrected chi connectivity index (χ1v) is 9.27. The van der Waals surface area contributed by atoms with E-state index in [0.29, 0.717) is 0 Å². The summed E-state index contributed by atoms with van der Waals surface area (Å²) in [5.74, 6) is -2.16. The number of hydrogen-bond acceptors (Lipinski definition) is 8. The van der Waals surface area contributed by atoms with Crippen molar-refractivity contribution < 1.29 is 19.2 Å². The van der Waals surface area contributed by atoms with Crippen LogP contribution in [0.15, 0.2) is 12.1 Å². The molecule has 4 atom stereocenters. The van der Waals surface area contributed by atoms with Crippen molar-refractivity contribution in [3.8, 4) is 0 Å². The smallest absolute Gasteiger partial charge is 0.241 e. The Morgan fingerprint density at radius 3 is 0.833 bits per heavy atom. The molecule has 12 N–H and O–H groups in total. The van der Waals surface area contributed by atoms with E-state index in [9.17, 15) is 19.2 Å². The number of rotatable bonds is 8. The lowest BCUT2D eigenvalue weighted by Gasteiger charge is -2.20. The molecular weight excluding hydrogens is 392 g/mol. The van der Waals surface area contributed by atoms with Gasteiger partial charge in [0.2, 0.25) is 23.6 Å². The number of carbonyl (C=O) groups excluding carboxylic acids is 4. The first kappa shape index (κ1) is 25.0. The summed E-state index contributed by atoms with van der Waals surface area (Å²) in [5.41, 5.74) is 22.9. The van der Waals surface area contributed by atoms with Gasteiger partial charge in [0.05, 0.1) is 46.9 Å². The van der Waals surface area contributed by atoms with Crippen LogP contribution in [-0.2, 0) is 19.2 Å². The largest absolute Gasteiger partial charge is 0.323 e. The van der Waals surface area contributed by atoms with Gasteiger partial charge in [-0.2, -0.15) is 0 Å². The van der Waals surface area contributed by atoms with E-state index >= 15 is 0 Å². The molecule has 1 aromatic carbocycles. The quantitative estimate of drug-likeness (QED) is 0.254. The molecule has 0 aromatic heterocycles. The Balaban J connectivity index is 3.53. The fraction of sp³-hybridized carbons (Fsp3) is 0.444. The molecule has 0 aliphatic heterocycles. The molecule has 0 bridgehead atoms. The first-order valence-electron chi connectivity index (χ1n) is 9.27. The van der Waals surface area contributed by atoms with Crippen molar-refractivity contribution in [1.29, 1.82) is 0 Å². The zero-order valence-corrected chi connectivity index (χ0v) is 17.4. The van der Waals surface area contributed by atoms with E-state index in [-0.39, 0.29) is 22.7 Å². The van der Waals surface area contributed by atoms with Gasteiger partial charge in [-0.25, -0.2) is 0 Å². The van der Waals surface area contributed by atoms with Crippen LogP contribution < -0.4 is 44.2 Å². The molecule has 0 spiro atoms. The second-order valence-corrected chi connectivity index (χ2v) is 7.06. The van der Waals surface area contributed by atoms with Crippen LogP contribution in [0.25, 0.3) is 0 Å². The van der Waals surface area contributed by atoms with Gasteiger partial charge in [0, 0.05) is 0 Å². The van der Waals surface area contributed by atoms with Gasteiger partial charge in [0.1, 0.15) is 0 Å². The van der Waals surface area contributed by atoms with Crippen LogP contribution in [0, 0.1) is 0 Å².